The molecule has 1 heterocycles. The Morgan fingerprint density at radius 3 is 2.51 bits per heavy atom. The van der Waals surface area contributed by atoms with Gasteiger partial charge in [-0.15, -0.1) is 0 Å². The predicted octanol–water partition coefficient (Wildman–Crippen LogP) is 6.25. The topological polar surface area (TPSA) is 88.7 Å². The van der Waals surface area contributed by atoms with E-state index >= 15 is 0 Å². The van der Waals surface area contributed by atoms with Crippen molar-refractivity contribution in [1.82, 2.24) is 10.8 Å². The first-order valence-corrected chi connectivity index (χ1v) is 16.1. The Labute approximate surface area is 239 Å². The molecule has 6 nitrogen and oxygen atoms in total. The lowest BCUT2D eigenvalue weighted by atomic mass is 9.43. The number of rotatable bonds is 6. The fourth-order valence-corrected chi connectivity index (χ4v) is 9.35. The molecule has 0 radical (unpaired) electrons. The van der Waals surface area contributed by atoms with Crippen molar-refractivity contribution in [2.45, 2.75) is 124 Å². The quantitative estimate of drug-likeness (QED) is 0.272. The van der Waals surface area contributed by atoms with Gasteiger partial charge < -0.3 is 15.9 Å². The van der Waals surface area contributed by atoms with Crippen LogP contribution in [0.2, 0.25) is 0 Å². The summed E-state index contributed by atoms with van der Waals surface area (Å²) in [5, 5.41) is 3.66. The molecule has 4 fully saturated rings. The van der Waals surface area contributed by atoms with Gasteiger partial charge in [-0.2, -0.15) is 0 Å². The van der Waals surface area contributed by atoms with E-state index in [0.29, 0.717) is 36.0 Å². The summed E-state index contributed by atoms with van der Waals surface area (Å²) in [7, 11) is 1.60. The SMILES string of the molecule is CC.CC(=NCCC1CC(C)CN1)C1CCC2C1(C)CCC1C3(C)CCC(=O)C=C3CCC12N.CCNOC. The number of ketones is 1. The van der Waals surface area contributed by atoms with Crippen molar-refractivity contribution in [3.63, 3.8) is 0 Å². The Morgan fingerprint density at radius 1 is 1.15 bits per heavy atom. The number of nitrogens with one attached hydrogen (secondary N) is 2. The lowest BCUT2D eigenvalue weighted by Crippen LogP contribution is -2.66. The smallest absolute Gasteiger partial charge is 0.155 e. The van der Waals surface area contributed by atoms with E-state index in [-0.39, 0.29) is 16.4 Å². The molecule has 4 aliphatic carbocycles. The van der Waals surface area contributed by atoms with Crippen LogP contribution in [0.5, 0.6) is 0 Å². The van der Waals surface area contributed by atoms with E-state index in [0.717, 1.165) is 38.3 Å². The van der Waals surface area contributed by atoms with E-state index in [1.165, 1.54) is 56.4 Å². The Morgan fingerprint density at radius 2 is 1.90 bits per heavy atom. The standard InChI is InChI=1S/C28H45N3O.C3H9NO.C2H6/c1-18-15-21(31-17-18)10-14-30-19(2)23-5-6-24-27(23,4)12-9-25-26(3)11-8-22(32)16-20(26)7-13-28(24,25)29;1-3-4-5-2;1-2/h16,18,21,23-25,31H,5-15,17,29H2,1-4H3;4H,3H2,1-2H3;1-2H3. The molecular formula is C33H60N4O2. The summed E-state index contributed by atoms with van der Waals surface area (Å²) in [6.45, 7) is 18.6. The van der Waals surface area contributed by atoms with Gasteiger partial charge >= 0.3 is 0 Å². The van der Waals surface area contributed by atoms with Crippen molar-refractivity contribution in [2.24, 2.45) is 45.2 Å². The van der Waals surface area contributed by atoms with Crippen LogP contribution in [0.25, 0.3) is 0 Å². The van der Waals surface area contributed by atoms with Crippen LogP contribution in [0, 0.1) is 34.5 Å². The molecule has 0 amide bonds. The van der Waals surface area contributed by atoms with Gasteiger partial charge in [0.1, 0.15) is 0 Å². The second kappa shape index (κ2) is 13.7. The summed E-state index contributed by atoms with van der Waals surface area (Å²) in [5.41, 5.74) is 13.2. The number of nitrogens with two attached hydrogens (primary N) is 1. The molecule has 0 spiro atoms. The molecule has 8 unspecified atom stereocenters. The molecular weight excluding hydrogens is 484 g/mol. The van der Waals surface area contributed by atoms with Gasteiger partial charge in [0.25, 0.3) is 0 Å². The summed E-state index contributed by atoms with van der Waals surface area (Å²) in [6.07, 6.45) is 13.2. The van der Waals surface area contributed by atoms with Crippen LogP contribution in [0.4, 0.5) is 0 Å². The fraction of sp³-hybridized carbons (Fsp3) is 0.879. The minimum absolute atomic E-state index is 0.0849. The summed E-state index contributed by atoms with van der Waals surface area (Å²) in [5.74, 6) is 2.83. The van der Waals surface area contributed by atoms with Crippen molar-refractivity contribution in [2.75, 3.05) is 26.7 Å². The fourth-order valence-electron chi connectivity index (χ4n) is 9.35. The minimum Gasteiger partial charge on any atom is -0.325 e. The first-order valence-electron chi connectivity index (χ1n) is 16.1. The Kier molecular flexibility index (Phi) is 11.4. The van der Waals surface area contributed by atoms with E-state index in [4.69, 9.17) is 10.7 Å². The third-order valence-corrected chi connectivity index (χ3v) is 11.2. The number of hydrogen-bond acceptors (Lipinski definition) is 6. The predicted molar refractivity (Wildman–Crippen MR) is 164 cm³/mol. The molecule has 0 aromatic heterocycles. The van der Waals surface area contributed by atoms with E-state index in [2.05, 4.69) is 43.3 Å². The number of carbonyl (C=O) groups is 1. The zero-order valence-corrected chi connectivity index (χ0v) is 26.5. The van der Waals surface area contributed by atoms with E-state index in [1.54, 1.807) is 7.11 Å². The monoisotopic (exact) mass is 544 g/mol. The van der Waals surface area contributed by atoms with Crippen molar-refractivity contribution >= 4 is 11.5 Å². The van der Waals surface area contributed by atoms with Crippen LogP contribution in [0.1, 0.15) is 113 Å². The highest BCUT2D eigenvalue weighted by molar-refractivity contribution is 5.91. The van der Waals surface area contributed by atoms with Crippen molar-refractivity contribution in [3.8, 4) is 0 Å². The van der Waals surface area contributed by atoms with Gasteiger partial charge in [-0.3, -0.25) is 9.79 Å². The maximum atomic E-state index is 12.1. The lowest BCUT2D eigenvalue weighted by Gasteiger charge is -2.63. The number of aliphatic imine (C=N–C) groups is 1. The maximum absolute atomic E-state index is 12.1. The van der Waals surface area contributed by atoms with Gasteiger partial charge in [-0.1, -0.05) is 47.1 Å². The first-order chi connectivity index (χ1) is 18.6. The van der Waals surface area contributed by atoms with Crippen LogP contribution in [-0.2, 0) is 9.63 Å². The lowest BCUT2D eigenvalue weighted by molar-refractivity contribution is -0.118. The van der Waals surface area contributed by atoms with Crippen LogP contribution < -0.4 is 16.5 Å². The molecule has 0 bridgehead atoms. The molecule has 39 heavy (non-hydrogen) atoms. The van der Waals surface area contributed by atoms with E-state index in [9.17, 15) is 4.79 Å². The molecule has 6 heteroatoms. The average Bonchev–Trinajstić information content (AvgIpc) is 3.49. The summed E-state index contributed by atoms with van der Waals surface area (Å²) in [4.78, 5) is 21.7. The third kappa shape index (κ3) is 6.55. The summed E-state index contributed by atoms with van der Waals surface area (Å²) < 4.78 is 0. The zero-order chi connectivity index (χ0) is 28.8. The van der Waals surface area contributed by atoms with Crippen LogP contribution in [-0.4, -0.2) is 49.8 Å². The largest absolute Gasteiger partial charge is 0.325 e. The van der Waals surface area contributed by atoms with Crippen molar-refractivity contribution in [1.29, 1.82) is 0 Å². The van der Waals surface area contributed by atoms with Gasteiger partial charge in [0.05, 0.1) is 7.11 Å². The highest BCUT2D eigenvalue weighted by Crippen LogP contribution is 2.67. The third-order valence-electron chi connectivity index (χ3n) is 11.2. The number of hydrogen-bond donors (Lipinski definition) is 3. The van der Waals surface area contributed by atoms with E-state index in [1.807, 2.05) is 26.8 Å². The molecule has 3 saturated carbocycles. The first kappa shape index (κ1) is 32.4. The van der Waals surface area contributed by atoms with Gasteiger partial charge in [0, 0.05) is 42.7 Å². The average molecular weight is 545 g/mol. The molecule has 5 rings (SSSR count). The molecule has 4 N–H and O–H groups in total. The second-order valence-electron chi connectivity index (χ2n) is 13.4. The number of fused-ring (bicyclic) bond motifs is 5. The van der Waals surface area contributed by atoms with Gasteiger partial charge in [0.2, 0.25) is 0 Å². The second-order valence-corrected chi connectivity index (χ2v) is 13.4. The molecule has 0 aromatic rings. The molecule has 8 atom stereocenters. The Bertz CT molecular complexity index is 885. The molecule has 5 aliphatic rings. The highest BCUT2D eigenvalue weighted by Gasteiger charge is 2.64. The number of allylic oxidation sites excluding steroid dienone is 1. The molecule has 1 aliphatic heterocycles. The van der Waals surface area contributed by atoms with Crippen molar-refractivity contribution in [3.05, 3.63) is 11.6 Å². The minimum atomic E-state index is -0.0849. The number of carbonyl (C=O) groups excluding carboxylic acids is 1. The normalized spacial score (nSPS) is 41.3. The molecule has 0 aromatic carbocycles. The molecule has 224 valence electrons. The Hall–Kier alpha value is -1.08. The molecule has 1 saturated heterocycles. The van der Waals surface area contributed by atoms with Gasteiger partial charge in [0.15, 0.2) is 5.78 Å². The highest BCUT2D eigenvalue weighted by atomic mass is 16.6. The van der Waals surface area contributed by atoms with Crippen LogP contribution in [0.3, 0.4) is 0 Å². The number of nitrogens with zero attached hydrogens (tertiary/aromatic N) is 1. The van der Waals surface area contributed by atoms with Crippen LogP contribution in [0.15, 0.2) is 16.6 Å². The Balaban J connectivity index is 0.000000542. The number of hydroxylamine groups is 1. The van der Waals surface area contributed by atoms with E-state index < -0.39 is 0 Å². The summed E-state index contributed by atoms with van der Waals surface area (Å²) in [6, 6.07) is 0.656. The van der Waals surface area contributed by atoms with Gasteiger partial charge in [-0.05, 0) is 106 Å². The van der Waals surface area contributed by atoms with Gasteiger partial charge in [-0.25, -0.2) is 5.48 Å². The maximum Gasteiger partial charge on any atom is 0.155 e. The van der Waals surface area contributed by atoms with Crippen LogP contribution >= 0.6 is 0 Å². The zero-order valence-electron chi connectivity index (χ0n) is 26.5. The van der Waals surface area contributed by atoms with Crippen molar-refractivity contribution < 1.29 is 9.63 Å². The summed E-state index contributed by atoms with van der Waals surface area (Å²) >= 11 is 0.